The zero-order valence-corrected chi connectivity index (χ0v) is 7.61. The van der Waals surface area contributed by atoms with Crippen LogP contribution >= 0.6 is 0 Å². The number of hydrogen-bond acceptors (Lipinski definition) is 1. The van der Waals surface area contributed by atoms with E-state index in [1.54, 1.807) is 0 Å². The van der Waals surface area contributed by atoms with Crippen LogP contribution in [0.15, 0.2) is 0 Å². The summed E-state index contributed by atoms with van der Waals surface area (Å²) in [5.41, 5.74) is 0.0775. The van der Waals surface area contributed by atoms with E-state index in [2.05, 4.69) is 20.8 Å². The first-order chi connectivity index (χ1) is 4.97. The van der Waals surface area contributed by atoms with E-state index in [1.807, 2.05) is 0 Å². The van der Waals surface area contributed by atoms with E-state index in [9.17, 15) is 4.39 Å². The van der Waals surface area contributed by atoms with Crippen molar-refractivity contribution < 1.29 is 9.13 Å². The Balaban J connectivity index is 2.45. The van der Waals surface area contributed by atoms with E-state index in [-0.39, 0.29) is 17.5 Å². The number of halogens is 1. The monoisotopic (exact) mass is 160 g/mol. The van der Waals surface area contributed by atoms with E-state index < -0.39 is 0 Å². The van der Waals surface area contributed by atoms with Gasteiger partial charge in [0.25, 0.3) is 0 Å². The lowest BCUT2D eigenvalue weighted by Gasteiger charge is -2.43. The Hall–Kier alpha value is -0.110. The summed E-state index contributed by atoms with van der Waals surface area (Å²) in [5.74, 6) is 0. The summed E-state index contributed by atoms with van der Waals surface area (Å²) in [5, 5.41) is 0. The molecule has 1 fully saturated rings. The minimum Gasteiger partial charge on any atom is -0.380 e. The Morgan fingerprint density at radius 1 is 1.36 bits per heavy atom. The molecule has 1 rings (SSSR count). The van der Waals surface area contributed by atoms with Gasteiger partial charge in [0, 0.05) is 5.41 Å². The normalized spacial score (nSPS) is 22.9. The molecule has 0 unspecified atom stereocenters. The molecular formula is C9H17FO. The largest absolute Gasteiger partial charge is 0.380 e. The molecule has 0 aromatic heterocycles. The van der Waals surface area contributed by atoms with Gasteiger partial charge < -0.3 is 4.74 Å². The summed E-state index contributed by atoms with van der Waals surface area (Å²) in [6.45, 7) is 7.42. The molecule has 0 aliphatic carbocycles. The highest BCUT2D eigenvalue weighted by Crippen LogP contribution is 2.39. The maximum atomic E-state index is 12.5. The standard InChI is InChI=1S/C9H17FO/c1-8(2,3)4-9(5-10)6-11-7-9/h4-7H2,1-3H3. The van der Waals surface area contributed by atoms with Gasteiger partial charge >= 0.3 is 0 Å². The molecule has 0 saturated carbocycles. The fourth-order valence-corrected chi connectivity index (χ4v) is 1.74. The molecule has 0 aromatic rings. The topological polar surface area (TPSA) is 9.23 Å². The predicted molar refractivity (Wildman–Crippen MR) is 43.3 cm³/mol. The van der Waals surface area contributed by atoms with Gasteiger partial charge in [0.1, 0.15) is 0 Å². The zero-order chi connectivity index (χ0) is 8.54. The SMILES string of the molecule is CC(C)(C)CC1(CF)COC1. The van der Waals surface area contributed by atoms with Gasteiger partial charge in [-0.2, -0.15) is 0 Å². The van der Waals surface area contributed by atoms with E-state index in [0.29, 0.717) is 13.2 Å². The maximum Gasteiger partial charge on any atom is 0.0995 e. The van der Waals surface area contributed by atoms with Crippen LogP contribution in [0.1, 0.15) is 27.2 Å². The summed E-state index contributed by atoms with van der Waals surface area (Å²) in [7, 11) is 0. The van der Waals surface area contributed by atoms with Gasteiger partial charge in [-0.25, -0.2) is 0 Å². The molecule has 0 atom stereocenters. The molecule has 0 bridgehead atoms. The Morgan fingerprint density at radius 2 is 1.91 bits per heavy atom. The van der Waals surface area contributed by atoms with Crippen molar-refractivity contribution in [3.8, 4) is 0 Å². The van der Waals surface area contributed by atoms with Crippen molar-refractivity contribution in [3.05, 3.63) is 0 Å². The summed E-state index contributed by atoms with van der Waals surface area (Å²) in [6, 6.07) is 0. The molecule has 0 N–H and O–H groups in total. The predicted octanol–water partition coefficient (Wildman–Crippen LogP) is 2.41. The average Bonchev–Trinajstić information content (AvgIpc) is 1.77. The van der Waals surface area contributed by atoms with Crippen LogP contribution in [0, 0.1) is 10.8 Å². The van der Waals surface area contributed by atoms with Crippen LogP contribution in [0.25, 0.3) is 0 Å². The van der Waals surface area contributed by atoms with Crippen molar-refractivity contribution in [2.45, 2.75) is 27.2 Å². The van der Waals surface area contributed by atoms with Gasteiger partial charge in [-0.15, -0.1) is 0 Å². The molecule has 1 aliphatic rings. The molecule has 11 heavy (non-hydrogen) atoms. The number of ether oxygens (including phenoxy) is 1. The summed E-state index contributed by atoms with van der Waals surface area (Å²) in [6.07, 6.45) is 0.927. The van der Waals surface area contributed by atoms with E-state index in [1.165, 1.54) is 0 Å². The average molecular weight is 160 g/mol. The van der Waals surface area contributed by atoms with Crippen LogP contribution in [0.4, 0.5) is 4.39 Å². The summed E-state index contributed by atoms with van der Waals surface area (Å²) in [4.78, 5) is 0. The number of hydrogen-bond donors (Lipinski definition) is 0. The van der Waals surface area contributed by atoms with Gasteiger partial charge in [0.15, 0.2) is 0 Å². The van der Waals surface area contributed by atoms with Crippen LogP contribution in [0.2, 0.25) is 0 Å². The molecule has 0 radical (unpaired) electrons. The molecule has 1 aliphatic heterocycles. The first-order valence-corrected chi connectivity index (χ1v) is 4.11. The van der Waals surface area contributed by atoms with Gasteiger partial charge in [-0.1, -0.05) is 20.8 Å². The third kappa shape index (κ3) is 2.16. The van der Waals surface area contributed by atoms with Gasteiger partial charge in [-0.05, 0) is 11.8 Å². The molecule has 1 saturated heterocycles. The van der Waals surface area contributed by atoms with E-state index >= 15 is 0 Å². The molecule has 0 aromatic carbocycles. The van der Waals surface area contributed by atoms with Crippen molar-refractivity contribution in [3.63, 3.8) is 0 Å². The maximum absolute atomic E-state index is 12.5. The molecule has 1 nitrogen and oxygen atoms in total. The van der Waals surface area contributed by atoms with Gasteiger partial charge in [0.2, 0.25) is 0 Å². The first kappa shape index (κ1) is 8.98. The second-order valence-corrected chi connectivity index (χ2v) is 4.86. The molecule has 0 spiro atoms. The third-order valence-corrected chi connectivity index (χ3v) is 2.01. The lowest BCUT2D eigenvalue weighted by Crippen LogP contribution is -2.46. The van der Waals surface area contributed by atoms with E-state index in [0.717, 1.165) is 6.42 Å². The third-order valence-electron chi connectivity index (χ3n) is 2.01. The first-order valence-electron chi connectivity index (χ1n) is 4.11. The minimum atomic E-state index is -0.232. The molecule has 0 amide bonds. The highest BCUT2D eigenvalue weighted by Gasteiger charge is 2.41. The molecular weight excluding hydrogens is 143 g/mol. The van der Waals surface area contributed by atoms with Crippen molar-refractivity contribution >= 4 is 0 Å². The molecule has 1 heterocycles. The Bertz CT molecular complexity index is 127. The number of alkyl halides is 1. The zero-order valence-electron chi connectivity index (χ0n) is 7.61. The van der Waals surface area contributed by atoms with Crippen LogP contribution < -0.4 is 0 Å². The fraction of sp³-hybridized carbons (Fsp3) is 1.00. The second-order valence-electron chi connectivity index (χ2n) is 4.86. The fourth-order valence-electron chi connectivity index (χ4n) is 1.74. The Kier molecular flexibility index (Phi) is 2.24. The lowest BCUT2D eigenvalue weighted by atomic mass is 9.73. The van der Waals surface area contributed by atoms with Crippen molar-refractivity contribution in [2.24, 2.45) is 10.8 Å². The molecule has 66 valence electrons. The van der Waals surface area contributed by atoms with Crippen molar-refractivity contribution in [1.82, 2.24) is 0 Å². The van der Waals surface area contributed by atoms with Crippen molar-refractivity contribution in [2.75, 3.05) is 19.9 Å². The van der Waals surface area contributed by atoms with E-state index in [4.69, 9.17) is 4.74 Å². The van der Waals surface area contributed by atoms with Crippen LogP contribution in [-0.2, 0) is 4.74 Å². The highest BCUT2D eigenvalue weighted by molar-refractivity contribution is 4.88. The van der Waals surface area contributed by atoms with Crippen LogP contribution in [-0.4, -0.2) is 19.9 Å². The number of rotatable bonds is 2. The lowest BCUT2D eigenvalue weighted by molar-refractivity contribution is -0.140. The summed E-state index contributed by atoms with van der Waals surface area (Å²) >= 11 is 0. The smallest absolute Gasteiger partial charge is 0.0995 e. The highest BCUT2D eigenvalue weighted by atomic mass is 19.1. The van der Waals surface area contributed by atoms with Gasteiger partial charge in [0.05, 0.1) is 19.9 Å². The van der Waals surface area contributed by atoms with Gasteiger partial charge in [-0.3, -0.25) is 4.39 Å². The van der Waals surface area contributed by atoms with Crippen molar-refractivity contribution in [1.29, 1.82) is 0 Å². The quantitative estimate of drug-likeness (QED) is 0.602. The van der Waals surface area contributed by atoms with Crippen LogP contribution in [0.3, 0.4) is 0 Å². The minimum absolute atomic E-state index is 0.141. The Labute approximate surface area is 67.9 Å². The Morgan fingerprint density at radius 3 is 2.00 bits per heavy atom. The molecule has 2 heteroatoms. The van der Waals surface area contributed by atoms with Crippen LogP contribution in [0.5, 0.6) is 0 Å². The second kappa shape index (κ2) is 2.74. The summed E-state index contributed by atoms with van der Waals surface area (Å²) < 4.78 is 17.6.